The minimum absolute atomic E-state index is 0.0794. The van der Waals surface area contributed by atoms with Gasteiger partial charge in [-0.3, -0.25) is 13.9 Å². The average Bonchev–Trinajstić information content (AvgIpc) is 2.86. The molecule has 2 rings (SSSR count). The highest BCUT2D eigenvalue weighted by atomic mass is 35.5. The summed E-state index contributed by atoms with van der Waals surface area (Å²) in [6.07, 6.45) is 2.08. The molecule has 0 radical (unpaired) electrons. The number of nitrogens with one attached hydrogen (secondary N) is 1. The fraction of sp³-hybridized carbons (Fsp3) is 0.462. The van der Waals surface area contributed by atoms with Crippen molar-refractivity contribution in [2.24, 2.45) is 0 Å². The van der Waals surface area contributed by atoms with Crippen LogP contribution >= 0.6 is 11.6 Å². The molecule has 204 valence electrons. The monoisotopic (exact) mass is 553 g/mol. The molecule has 0 saturated carbocycles. The number of amides is 2. The molecule has 37 heavy (non-hydrogen) atoms. The second-order valence-electron chi connectivity index (χ2n) is 8.70. The van der Waals surface area contributed by atoms with Gasteiger partial charge in [0, 0.05) is 12.6 Å². The van der Waals surface area contributed by atoms with Gasteiger partial charge in [0.05, 0.1) is 31.2 Å². The molecular formula is C26H36ClN3O6S. The zero-order valence-electron chi connectivity index (χ0n) is 22.2. The zero-order valence-corrected chi connectivity index (χ0v) is 23.7. The minimum atomic E-state index is -3.88. The van der Waals surface area contributed by atoms with Gasteiger partial charge >= 0.3 is 0 Å². The number of nitrogens with zero attached hydrogens (tertiary/aromatic N) is 2. The number of hydrogen-bond donors (Lipinski definition) is 1. The molecule has 0 aliphatic heterocycles. The number of halogens is 1. The first-order chi connectivity index (χ1) is 17.4. The third-order valence-electron chi connectivity index (χ3n) is 5.98. The van der Waals surface area contributed by atoms with Crippen LogP contribution < -0.4 is 19.1 Å². The van der Waals surface area contributed by atoms with E-state index >= 15 is 0 Å². The first-order valence-electron chi connectivity index (χ1n) is 12.0. The summed E-state index contributed by atoms with van der Waals surface area (Å²) in [5.74, 6) is 0.142. The summed E-state index contributed by atoms with van der Waals surface area (Å²) in [5, 5.41) is 3.14. The van der Waals surface area contributed by atoms with Gasteiger partial charge in [-0.25, -0.2) is 8.42 Å². The number of rotatable bonds is 13. The van der Waals surface area contributed by atoms with Gasteiger partial charge in [-0.15, -0.1) is 0 Å². The van der Waals surface area contributed by atoms with Crippen LogP contribution in [0.1, 0.15) is 39.2 Å². The van der Waals surface area contributed by atoms with Gasteiger partial charge in [-0.2, -0.15) is 0 Å². The van der Waals surface area contributed by atoms with E-state index in [1.54, 1.807) is 25.3 Å². The molecule has 2 aromatic carbocycles. The lowest BCUT2D eigenvalue weighted by molar-refractivity contribution is -0.140. The van der Waals surface area contributed by atoms with Crippen LogP contribution in [0.3, 0.4) is 0 Å². The number of ether oxygens (including phenoxy) is 2. The van der Waals surface area contributed by atoms with Crippen LogP contribution in [0.25, 0.3) is 0 Å². The molecule has 2 atom stereocenters. The molecule has 9 nitrogen and oxygen atoms in total. The summed E-state index contributed by atoms with van der Waals surface area (Å²) in [6.45, 7) is 5.22. The third-order valence-corrected chi connectivity index (χ3v) is 7.41. The molecule has 0 aliphatic rings. The van der Waals surface area contributed by atoms with E-state index in [1.807, 2.05) is 26.8 Å². The standard InChI is InChI=1S/C26H36ClN3O6S/c1-7-18(3)28-26(32)23(8-2)29(16-19-10-9-11-21(14-19)35-4)25(31)17-30(37(6,33)34)20-12-13-24(36-5)22(27)15-20/h9-15,18,23H,7-8,16-17H2,1-6H3,(H,28,32). The zero-order chi connectivity index (χ0) is 27.8. The largest absolute Gasteiger partial charge is 0.497 e. The summed E-state index contributed by atoms with van der Waals surface area (Å²) in [6, 6.07) is 10.7. The fourth-order valence-corrected chi connectivity index (χ4v) is 4.85. The Labute approximate surface area is 224 Å². The molecule has 0 bridgehead atoms. The molecule has 11 heteroatoms. The van der Waals surface area contributed by atoms with Crippen LogP contribution in [0.4, 0.5) is 5.69 Å². The van der Waals surface area contributed by atoms with Crippen LogP contribution in [0.2, 0.25) is 5.02 Å². The maximum Gasteiger partial charge on any atom is 0.244 e. The number of methoxy groups -OCH3 is 2. The summed E-state index contributed by atoms with van der Waals surface area (Å²) < 4.78 is 36.9. The Morgan fingerprint density at radius 1 is 1.05 bits per heavy atom. The molecule has 1 N–H and O–H groups in total. The predicted molar refractivity (Wildman–Crippen MR) is 146 cm³/mol. The van der Waals surface area contributed by atoms with Crippen LogP contribution in [0, 0.1) is 0 Å². The molecule has 0 saturated heterocycles. The molecule has 2 aromatic rings. The molecule has 0 heterocycles. The van der Waals surface area contributed by atoms with Gasteiger partial charge in [0.1, 0.15) is 24.1 Å². The van der Waals surface area contributed by atoms with E-state index in [2.05, 4.69) is 5.32 Å². The highest BCUT2D eigenvalue weighted by Crippen LogP contribution is 2.30. The van der Waals surface area contributed by atoms with E-state index in [0.29, 0.717) is 17.9 Å². The van der Waals surface area contributed by atoms with Crippen LogP contribution in [0.5, 0.6) is 11.5 Å². The second kappa shape index (κ2) is 13.5. The van der Waals surface area contributed by atoms with Crippen LogP contribution in [0.15, 0.2) is 42.5 Å². The number of sulfonamides is 1. The Morgan fingerprint density at radius 3 is 2.30 bits per heavy atom. The van der Waals surface area contributed by atoms with Gasteiger partial charge in [-0.05, 0) is 55.7 Å². The topological polar surface area (TPSA) is 105 Å². The van der Waals surface area contributed by atoms with Crippen molar-refractivity contribution < 1.29 is 27.5 Å². The summed E-state index contributed by atoms with van der Waals surface area (Å²) in [5.41, 5.74) is 0.945. The lowest BCUT2D eigenvalue weighted by atomic mass is 10.1. The Morgan fingerprint density at radius 2 is 1.76 bits per heavy atom. The molecule has 0 aromatic heterocycles. The number of hydrogen-bond acceptors (Lipinski definition) is 6. The van der Waals surface area contributed by atoms with Gasteiger partial charge in [0.25, 0.3) is 0 Å². The van der Waals surface area contributed by atoms with Crippen molar-refractivity contribution in [2.45, 2.75) is 52.2 Å². The first-order valence-corrected chi connectivity index (χ1v) is 14.2. The van der Waals surface area contributed by atoms with Gasteiger partial charge in [0.15, 0.2) is 0 Å². The van der Waals surface area contributed by atoms with Crippen molar-refractivity contribution >= 4 is 39.1 Å². The molecule has 0 aliphatic carbocycles. The highest BCUT2D eigenvalue weighted by molar-refractivity contribution is 7.92. The molecule has 2 unspecified atom stereocenters. The lowest BCUT2D eigenvalue weighted by Crippen LogP contribution is -2.53. The quantitative estimate of drug-likeness (QED) is 0.404. The normalized spacial score (nSPS) is 12.8. The highest BCUT2D eigenvalue weighted by Gasteiger charge is 2.32. The summed E-state index contributed by atoms with van der Waals surface area (Å²) in [4.78, 5) is 28.3. The first kappa shape index (κ1) is 30.2. The van der Waals surface area contributed by atoms with E-state index in [-0.39, 0.29) is 29.2 Å². The third kappa shape index (κ3) is 8.26. The minimum Gasteiger partial charge on any atom is -0.497 e. The SMILES string of the molecule is CCC(C)NC(=O)C(CC)N(Cc1cccc(OC)c1)C(=O)CN(c1ccc(OC)c(Cl)c1)S(C)(=O)=O. The Kier molecular flexibility index (Phi) is 11.1. The van der Waals surface area contributed by atoms with E-state index in [4.69, 9.17) is 21.1 Å². The van der Waals surface area contributed by atoms with Gasteiger partial charge in [-0.1, -0.05) is 37.6 Å². The smallest absolute Gasteiger partial charge is 0.244 e. The molecular weight excluding hydrogens is 518 g/mol. The van der Waals surface area contributed by atoms with E-state index in [0.717, 1.165) is 22.5 Å². The molecule has 2 amide bonds. The molecule has 0 fully saturated rings. The second-order valence-corrected chi connectivity index (χ2v) is 11.0. The van der Waals surface area contributed by atoms with Crippen molar-refractivity contribution in [3.63, 3.8) is 0 Å². The van der Waals surface area contributed by atoms with Crippen molar-refractivity contribution in [2.75, 3.05) is 31.3 Å². The van der Waals surface area contributed by atoms with E-state index in [1.165, 1.54) is 30.2 Å². The number of carbonyl (C=O) groups is 2. The maximum absolute atomic E-state index is 13.8. The Bertz CT molecular complexity index is 1190. The van der Waals surface area contributed by atoms with Crippen molar-refractivity contribution in [3.8, 4) is 11.5 Å². The average molecular weight is 554 g/mol. The number of anilines is 1. The fourth-order valence-electron chi connectivity index (χ4n) is 3.75. The Balaban J connectivity index is 2.48. The predicted octanol–water partition coefficient (Wildman–Crippen LogP) is 3.85. The molecule has 0 spiro atoms. The van der Waals surface area contributed by atoms with Crippen LogP contribution in [-0.4, -0.2) is 64.2 Å². The van der Waals surface area contributed by atoms with E-state index in [9.17, 15) is 18.0 Å². The maximum atomic E-state index is 13.8. The summed E-state index contributed by atoms with van der Waals surface area (Å²) >= 11 is 6.23. The van der Waals surface area contributed by atoms with Crippen molar-refractivity contribution in [1.82, 2.24) is 10.2 Å². The van der Waals surface area contributed by atoms with Gasteiger partial charge in [0.2, 0.25) is 21.8 Å². The Hall–Kier alpha value is -2.98. The van der Waals surface area contributed by atoms with E-state index < -0.39 is 28.5 Å². The number of carbonyl (C=O) groups excluding carboxylic acids is 2. The van der Waals surface area contributed by atoms with Gasteiger partial charge < -0.3 is 19.7 Å². The number of benzene rings is 2. The van der Waals surface area contributed by atoms with Crippen LogP contribution in [-0.2, 0) is 26.2 Å². The van der Waals surface area contributed by atoms with Crippen molar-refractivity contribution in [3.05, 3.63) is 53.1 Å². The summed E-state index contributed by atoms with van der Waals surface area (Å²) in [7, 11) is -0.885. The lowest BCUT2D eigenvalue weighted by Gasteiger charge is -2.33. The van der Waals surface area contributed by atoms with Crippen molar-refractivity contribution in [1.29, 1.82) is 0 Å².